The van der Waals surface area contributed by atoms with Gasteiger partial charge in [-0.2, -0.15) is 11.8 Å². The first-order chi connectivity index (χ1) is 5.83. The first-order valence-corrected chi connectivity index (χ1v) is 6.00. The quantitative estimate of drug-likeness (QED) is 0.647. The Balaban J connectivity index is 1.90. The van der Waals surface area contributed by atoms with Gasteiger partial charge >= 0.3 is 0 Å². The highest BCUT2D eigenvalue weighted by molar-refractivity contribution is 7.99. The van der Waals surface area contributed by atoms with E-state index >= 15 is 0 Å². The molecule has 1 amide bonds. The van der Waals surface area contributed by atoms with Gasteiger partial charge in [0.1, 0.15) is 0 Å². The summed E-state index contributed by atoms with van der Waals surface area (Å²) in [7, 11) is 0. The van der Waals surface area contributed by atoms with Gasteiger partial charge in [-0.25, -0.2) is 0 Å². The third-order valence-corrected chi connectivity index (χ3v) is 3.38. The standard InChI is InChI=1S/C9H15NOS/c1-12-6-9(11)10-4-2-3-7-5-8(7)10/h7-8H,2-6H2,1H3. The molecular formula is C9H15NOS. The van der Waals surface area contributed by atoms with Crippen LogP contribution in [-0.4, -0.2) is 35.4 Å². The molecule has 2 aliphatic rings. The van der Waals surface area contributed by atoms with Crippen LogP contribution in [0.1, 0.15) is 19.3 Å². The van der Waals surface area contributed by atoms with E-state index in [4.69, 9.17) is 0 Å². The van der Waals surface area contributed by atoms with E-state index in [1.807, 2.05) is 6.26 Å². The minimum atomic E-state index is 0.356. The second-order valence-electron chi connectivity index (χ2n) is 3.73. The van der Waals surface area contributed by atoms with Gasteiger partial charge in [0, 0.05) is 12.6 Å². The monoisotopic (exact) mass is 185 g/mol. The largest absolute Gasteiger partial charge is 0.339 e. The van der Waals surface area contributed by atoms with Crippen LogP contribution >= 0.6 is 11.8 Å². The van der Waals surface area contributed by atoms with Crippen molar-refractivity contribution in [3.63, 3.8) is 0 Å². The van der Waals surface area contributed by atoms with Gasteiger partial charge in [-0.3, -0.25) is 4.79 Å². The molecule has 0 radical (unpaired) electrons. The lowest BCUT2D eigenvalue weighted by Gasteiger charge is -2.26. The molecule has 2 unspecified atom stereocenters. The first-order valence-electron chi connectivity index (χ1n) is 4.61. The van der Waals surface area contributed by atoms with Crippen LogP contribution in [0.4, 0.5) is 0 Å². The average molecular weight is 185 g/mol. The Bertz CT molecular complexity index is 195. The van der Waals surface area contributed by atoms with E-state index in [1.54, 1.807) is 11.8 Å². The van der Waals surface area contributed by atoms with Gasteiger partial charge in [0.05, 0.1) is 5.75 Å². The van der Waals surface area contributed by atoms with Crippen LogP contribution in [0.5, 0.6) is 0 Å². The molecule has 0 aromatic rings. The highest BCUT2D eigenvalue weighted by Gasteiger charge is 2.45. The molecule has 1 saturated carbocycles. The number of amides is 1. The van der Waals surface area contributed by atoms with Crippen molar-refractivity contribution in [2.75, 3.05) is 18.6 Å². The van der Waals surface area contributed by atoms with Crippen molar-refractivity contribution in [1.82, 2.24) is 4.90 Å². The molecule has 2 rings (SSSR count). The number of likely N-dealkylation sites (tertiary alicyclic amines) is 1. The van der Waals surface area contributed by atoms with E-state index < -0.39 is 0 Å². The number of fused-ring (bicyclic) bond motifs is 1. The van der Waals surface area contributed by atoms with E-state index in [0.717, 1.165) is 12.5 Å². The fourth-order valence-corrected chi connectivity index (χ4v) is 2.54. The molecule has 1 aliphatic heterocycles. The number of carbonyl (C=O) groups is 1. The molecule has 68 valence electrons. The second-order valence-corrected chi connectivity index (χ2v) is 4.59. The zero-order chi connectivity index (χ0) is 8.55. The van der Waals surface area contributed by atoms with Crippen molar-refractivity contribution < 1.29 is 4.79 Å². The summed E-state index contributed by atoms with van der Waals surface area (Å²) >= 11 is 1.63. The Morgan fingerprint density at radius 2 is 2.50 bits per heavy atom. The summed E-state index contributed by atoms with van der Waals surface area (Å²) in [5, 5.41) is 0. The Kier molecular flexibility index (Phi) is 2.31. The van der Waals surface area contributed by atoms with Crippen LogP contribution < -0.4 is 0 Å². The zero-order valence-electron chi connectivity index (χ0n) is 7.45. The highest BCUT2D eigenvalue weighted by Crippen LogP contribution is 2.43. The van der Waals surface area contributed by atoms with Gasteiger partial charge in [-0.1, -0.05) is 0 Å². The predicted molar refractivity (Wildman–Crippen MR) is 51.2 cm³/mol. The predicted octanol–water partition coefficient (Wildman–Crippen LogP) is 1.36. The van der Waals surface area contributed by atoms with Crippen molar-refractivity contribution in [2.45, 2.75) is 25.3 Å². The van der Waals surface area contributed by atoms with Crippen LogP contribution in [0.2, 0.25) is 0 Å². The third-order valence-electron chi connectivity index (χ3n) is 2.85. The van der Waals surface area contributed by atoms with Crippen LogP contribution in [0.25, 0.3) is 0 Å². The molecule has 0 bridgehead atoms. The highest BCUT2D eigenvalue weighted by atomic mass is 32.2. The molecule has 12 heavy (non-hydrogen) atoms. The summed E-state index contributed by atoms with van der Waals surface area (Å²) in [6, 6.07) is 0.637. The first kappa shape index (κ1) is 8.42. The second kappa shape index (κ2) is 3.29. The fraction of sp³-hybridized carbons (Fsp3) is 0.889. The number of nitrogens with zero attached hydrogens (tertiary/aromatic N) is 1. The molecule has 0 spiro atoms. The Hall–Kier alpha value is -0.180. The van der Waals surface area contributed by atoms with Gasteiger partial charge in [0.15, 0.2) is 0 Å². The fourth-order valence-electron chi connectivity index (χ4n) is 2.13. The van der Waals surface area contributed by atoms with Crippen molar-refractivity contribution in [3.05, 3.63) is 0 Å². The maximum Gasteiger partial charge on any atom is 0.232 e. The maximum absolute atomic E-state index is 11.5. The SMILES string of the molecule is CSCC(=O)N1CCCC2CC21. The lowest BCUT2D eigenvalue weighted by molar-refractivity contribution is -0.129. The number of carbonyl (C=O) groups excluding carboxylic acids is 1. The molecule has 0 aromatic carbocycles. The zero-order valence-corrected chi connectivity index (χ0v) is 8.27. The van der Waals surface area contributed by atoms with Gasteiger partial charge in [0.25, 0.3) is 0 Å². The van der Waals surface area contributed by atoms with Gasteiger partial charge in [-0.15, -0.1) is 0 Å². The molecule has 1 aliphatic carbocycles. The molecule has 1 heterocycles. The molecule has 2 fully saturated rings. The summed E-state index contributed by atoms with van der Waals surface area (Å²) in [5.74, 6) is 1.89. The van der Waals surface area contributed by atoms with E-state index in [1.165, 1.54) is 19.3 Å². The summed E-state index contributed by atoms with van der Waals surface area (Å²) in [6.45, 7) is 1.01. The number of hydrogen-bond donors (Lipinski definition) is 0. The molecule has 2 nitrogen and oxygen atoms in total. The number of rotatable bonds is 2. The molecular weight excluding hydrogens is 170 g/mol. The Labute approximate surface area is 77.7 Å². The molecule has 3 heteroatoms. The molecule has 2 atom stereocenters. The van der Waals surface area contributed by atoms with Crippen molar-refractivity contribution in [1.29, 1.82) is 0 Å². The van der Waals surface area contributed by atoms with Crippen LogP contribution in [-0.2, 0) is 4.79 Å². The van der Waals surface area contributed by atoms with E-state index in [9.17, 15) is 4.79 Å². The number of thioether (sulfide) groups is 1. The third kappa shape index (κ3) is 1.47. The number of piperidine rings is 1. The smallest absolute Gasteiger partial charge is 0.232 e. The summed E-state index contributed by atoms with van der Waals surface area (Å²) in [5.41, 5.74) is 0. The van der Waals surface area contributed by atoms with Gasteiger partial charge in [-0.05, 0) is 31.4 Å². The molecule has 0 aromatic heterocycles. The Morgan fingerprint density at radius 1 is 1.67 bits per heavy atom. The van der Waals surface area contributed by atoms with Gasteiger partial charge in [0.2, 0.25) is 5.91 Å². The average Bonchev–Trinajstić information content (AvgIpc) is 2.81. The minimum Gasteiger partial charge on any atom is -0.339 e. The molecule has 0 N–H and O–H groups in total. The number of hydrogen-bond acceptors (Lipinski definition) is 2. The topological polar surface area (TPSA) is 20.3 Å². The van der Waals surface area contributed by atoms with Crippen LogP contribution in [0.15, 0.2) is 0 Å². The lowest BCUT2D eigenvalue weighted by Crippen LogP contribution is -2.38. The van der Waals surface area contributed by atoms with Gasteiger partial charge < -0.3 is 4.90 Å². The summed E-state index contributed by atoms with van der Waals surface area (Å²) < 4.78 is 0. The summed E-state index contributed by atoms with van der Waals surface area (Å²) in [4.78, 5) is 13.6. The van der Waals surface area contributed by atoms with Crippen LogP contribution in [0, 0.1) is 5.92 Å². The normalized spacial score (nSPS) is 32.9. The van der Waals surface area contributed by atoms with E-state index in [0.29, 0.717) is 17.7 Å². The van der Waals surface area contributed by atoms with Crippen molar-refractivity contribution in [2.24, 2.45) is 5.92 Å². The maximum atomic E-state index is 11.5. The van der Waals surface area contributed by atoms with Crippen LogP contribution in [0.3, 0.4) is 0 Å². The summed E-state index contributed by atoms with van der Waals surface area (Å²) in [6.07, 6.45) is 5.85. The van der Waals surface area contributed by atoms with E-state index in [-0.39, 0.29) is 0 Å². The minimum absolute atomic E-state index is 0.356. The Morgan fingerprint density at radius 3 is 3.25 bits per heavy atom. The van der Waals surface area contributed by atoms with E-state index in [2.05, 4.69) is 4.90 Å². The van der Waals surface area contributed by atoms with Crippen molar-refractivity contribution >= 4 is 17.7 Å². The van der Waals surface area contributed by atoms with Crippen molar-refractivity contribution in [3.8, 4) is 0 Å². The molecule has 1 saturated heterocycles. The lowest BCUT2D eigenvalue weighted by atomic mass is 10.1.